The van der Waals surface area contributed by atoms with Crippen molar-refractivity contribution in [1.29, 1.82) is 0 Å². The first kappa shape index (κ1) is 13.2. The molecule has 20 heavy (non-hydrogen) atoms. The number of nitrogens with two attached hydrogens (primary N) is 1. The summed E-state index contributed by atoms with van der Waals surface area (Å²) in [6.45, 7) is 0. The number of anilines is 2. The lowest BCUT2D eigenvalue weighted by Crippen LogP contribution is -2.13. The fourth-order valence-electron chi connectivity index (χ4n) is 1.69. The quantitative estimate of drug-likeness (QED) is 0.773. The summed E-state index contributed by atoms with van der Waals surface area (Å²) in [6.07, 6.45) is 1.91. The molecule has 3 aromatic rings. The van der Waals surface area contributed by atoms with Gasteiger partial charge in [-0.15, -0.1) is 34.0 Å². The fraction of sp³-hybridized carbons (Fsp3) is 0.0833. The average Bonchev–Trinajstić information content (AvgIpc) is 3.10. The van der Waals surface area contributed by atoms with Crippen molar-refractivity contribution < 1.29 is 4.79 Å². The molecular weight excluding hydrogens is 312 g/mol. The number of amides is 1. The summed E-state index contributed by atoms with van der Waals surface area (Å²) < 4.78 is 0. The first-order chi connectivity index (χ1) is 9.72. The predicted octanol–water partition coefficient (Wildman–Crippen LogP) is 3.09. The maximum atomic E-state index is 12.0. The van der Waals surface area contributed by atoms with Gasteiger partial charge >= 0.3 is 0 Å². The van der Waals surface area contributed by atoms with Crippen LogP contribution in [-0.4, -0.2) is 15.9 Å². The van der Waals surface area contributed by atoms with Gasteiger partial charge in [-0.05, 0) is 11.4 Å². The smallest absolute Gasteiger partial charge is 0.231 e. The molecule has 3 rings (SSSR count). The monoisotopic (exact) mass is 322 g/mol. The maximum absolute atomic E-state index is 12.0. The van der Waals surface area contributed by atoms with E-state index in [2.05, 4.69) is 15.3 Å². The third-order valence-electron chi connectivity index (χ3n) is 2.47. The molecule has 8 heteroatoms. The molecule has 0 bridgehead atoms. The Morgan fingerprint density at radius 3 is 2.95 bits per heavy atom. The zero-order valence-electron chi connectivity index (χ0n) is 10.2. The largest absolute Gasteiger partial charge is 0.375 e. The number of thiophene rings is 1. The van der Waals surface area contributed by atoms with E-state index in [-0.39, 0.29) is 12.3 Å². The van der Waals surface area contributed by atoms with Crippen molar-refractivity contribution in [3.05, 3.63) is 34.0 Å². The molecule has 0 fully saturated rings. The Kier molecular flexibility index (Phi) is 3.77. The Bertz CT molecular complexity index is 703. The number of hydrogen-bond donors (Lipinski definition) is 2. The molecule has 0 aromatic carbocycles. The van der Waals surface area contributed by atoms with E-state index in [1.165, 1.54) is 22.7 Å². The minimum atomic E-state index is -0.110. The van der Waals surface area contributed by atoms with Gasteiger partial charge in [0.1, 0.15) is 0 Å². The molecule has 102 valence electrons. The van der Waals surface area contributed by atoms with Crippen molar-refractivity contribution in [3.8, 4) is 10.6 Å². The van der Waals surface area contributed by atoms with Crippen LogP contribution in [-0.2, 0) is 11.2 Å². The topological polar surface area (TPSA) is 80.9 Å². The Morgan fingerprint density at radius 1 is 1.35 bits per heavy atom. The van der Waals surface area contributed by atoms with Crippen molar-refractivity contribution in [2.24, 2.45) is 0 Å². The molecule has 0 saturated heterocycles. The van der Waals surface area contributed by atoms with Gasteiger partial charge in [0.15, 0.2) is 10.3 Å². The second-order valence-corrected chi connectivity index (χ2v) is 6.82. The molecule has 3 heterocycles. The van der Waals surface area contributed by atoms with Crippen LogP contribution >= 0.6 is 34.0 Å². The van der Waals surface area contributed by atoms with Gasteiger partial charge in [-0.3, -0.25) is 4.79 Å². The highest BCUT2D eigenvalue weighted by Crippen LogP contribution is 2.33. The zero-order valence-corrected chi connectivity index (χ0v) is 12.6. The molecule has 0 aliphatic rings. The number of nitrogens with one attached hydrogen (secondary N) is 1. The molecule has 3 N–H and O–H groups in total. The lowest BCUT2D eigenvalue weighted by molar-refractivity contribution is -0.115. The summed E-state index contributed by atoms with van der Waals surface area (Å²) in [7, 11) is 0. The van der Waals surface area contributed by atoms with Gasteiger partial charge < -0.3 is 11.1 Å². The van der Waals surface area contributed by atoms with Crippen molar-refractivity contribution in [3.63, 3.8) is 0 Å². The van der Waals surface area contributed by atoms with Crippen LogP contribution in [0.3, 0.4) is 0 Å². The highest BCUT2D eigenvalue weighted by molar-refractivity contribution is 7.17. The van der Waals surface area contributed by atoms with Crippen molar-refractivity contribution >= 4 is 50.2 Å². The fourth-order valence-corrected chi connectivity index (χ4v) is 3.89. The van der Waals surface area contributed by atoms with Crippen LogP contribution < -0.4 is 11.1 Å². The summed E-state index contributed by atoms with van der Waals surface area (Å²) in [5.74, 6) is -0.110. The van der Waals surface area contributed by atoms with E-state index in [0.29, 0.717) is 10.3 Å². The molecular formula is C12H10N4OS3. The lowest BCUT2D eigenvalue weighted by Gasteiger charge is -2.01. The Morgan fingerprint density at radius 2 is 2.25 bits per heavy atom. The van der Waals surface area contributed by atoms with Crippen LogP contribution in [0.5, 0.6) is 0 Å². The molecule has 0 spiro atoms. The summed E-state index contributed by atoms with van der Waals surface area (Å²) in [4.78, 5) is 22.2. The normalized spacial score (nSPS) is 10.6. The highest BCUT2D eigenvalue weighted by atomic mass is 32.1. The molecule has 5 nitrogen and oxygen atoms in total. The summed E-state index contributed by atoms with van der Waals surface area (Å²) in [5.41, 5.74) is 6.57. The van der Waals surface area contributed by atoms with E-state index in [9.17, 15) is 4.79 Å². The van der Waals surface area contributed by atoms with E-state index in [1.54, 1.807) is 17.5 Å². The van der Waals surface area contributed by atoms with Crippen LogP contribution in [0.25, 0.3) is 10.6 Å². The van der Waals surface area contributed by atoms with Crippen molar-refractivity contribution in [1.82, 2.24) is 9.97 Å². The Labute approximate surface area is 127 Å². The van der Waals surface area contributed by atoms with Crippen LogP contribution in [0.1, 0.15) is 4.88 Å². The second-order valence-electron chi connectivity index (χ2n) is 3.86. The number of carbonyl (C=O) groups is 1. The van der Waals surface area contributed by atoms with Gasteiger partial charge in [0, 0.05) is 16.5 Å². The van der Waals surface area contributed by atoms with Crippen molar-refractivity contribution in [2.75, 3.05) is 11.1 Å². The van der Waals surface area contributed by atoms with Gasteiger partial charge in [0.05, 0.1) is 17.0 Å². The van der Waals surface area contributed by atoms with E-state index in [4.69, 9.17) is 5.73 Å². The van der Waals surface area contributed by atoms with Gasteiger partial charge in [-0.1, -0.05) is 6.07 Å². The van der Waals surface area contributed by atoms with E-state index >= 15 is 0 Å². The van der Waals surface area contributed by atoms with Crippen LogP contribution in [0.15, 0.2) is 29.1 Å². The van der Waals surface area contributed by atoms with Gasteiger partial charge in [0.25, 0.3) is 0 Å². The summed E-state index contributed by atoms with van der Waals surface area (Å²) in [6, 6.07) is 3.93. The molecule has 3 aromatic heterocycles. The number of nitrogens with zero attached hydrogens (tertiary/aromatic N) is 2. The SMILES string of the molecule is Nc1nc(-c2cccs2)c(CC(=O)Nc2nccs2)s1. The first-order valence-corrected chi connectivity index (χ1v) is 8.28. The highest BCUT2D eigenvalue weighted by Gasteiger charge is 2.16. The molecule has 0 atom stereocenters. The van der Waals surface area contributed by atoms with Gasteiger partial charge in [-0.2, -0.15) is 0 Å². The maximum Gasteiger partial charge on any atom is 0.231 e. The molecule has 0 unspecified atom stereocenters. The number of hydrogen-bond acceptors (Lipinski definition) is 7. The predicted molar refractivity (Wildman–Crippen MR) is 84.3 cm³/mol. The number of rotatable bonds is 4. The number of carbonyl (C=O) groups excluding carboxylic acids is 1. The summed E-state index contributed by atoms with van der Waals surface area (Å²) in [5, 5.41) is 7.63. The Hall–Kier alpha value is -1.77. The second kappa shape index (κ2) is 5.70. The number of nitrogen functional groups attached to an aromatic ring is 1. The third kappa shape index (κ3) is 2.87. The lowest BCUT2D eigenvalue weighted by atomic mass is 10.2. The molecule has 1 amide bonds. The van der Waals surface area contributed by atoms with E-state index in [1.807, 2.05) is 22.9 Å². The molecule has 0 aliphatic carbocycles. The summed E-state index contributed by atoms with van der Waals surface area (Å²) >= 11 is 4.32. The van der Waals surface area contributed by atoms with Crippen molar-refractivity contribution in [2.45, 2.75) is 6.42 Å². The standard InChI is InChI=1S/C12H10N4OS3/c13-11-16-10(7-2-1-4-18-7)8(20-11)6-9(17)15-12-14-3-5-19-12/h1-5H,6H2,(H2,13,16)(H,14,15,17). The molecule has 0 saturated carbocycles. The van der Waals surface area contributed by atoms with Crippen LogP contribution in [0, 0.1) is 0 Å². The number of aromatic nitrogens is 2. The first-order valence-electron chi connectivity index (χ1n) is 5.71. The Balaban J connectivity index is 1.79. The van der Waals surface area contributed by atoms with E-state index < -0.39 is 0 Å². The van der Waals surface area contributed by atoms with E-state index in [0.717, 1.165) is 15.4 Å². The number of thiazole rings is 2. The minimum absolute atomic E-state index is 0.110. The van der Waals surface area contributed by atoms with Gasteiger partial charge in [-0.25, -0.2) is 9.97 Å². The minimum Gasteiger partial charge on any atom is -0.375 e. The average molecular weight is 322 g/mol. The molecule has 0 radical (unpaired) electrons. The third-order valence-corrected chi connectivity index (χ3v) is 4.92. The molecule has 0 aliphatic heterocycles. The zero-order chi connectivity index (χ0) is 13.9. The van der Waals surface area contributed by atoms with Gasteiger partial charge in [0.2, 0.25) is 5.91 Å². The van der Waals surface area contributed by atoms with Crippen LogP contribution in [0.4, 0.5) is 10.3 Å². The van der Waals surface area contributed by atoms with Crippen LogP contribution in [0.2, 0.25) is 0 Å².